The van der Waals surface area contributed by atoms with Crippen molar-refractivity contribution in [3.63, 3.8) is 0 Å². The molecule has 4 rings (SSSR count). The van der Waals surface area contributed by atoms with Crippen molar-refractivity contribution in [3.8, 4) is 6.07 Å². The molecule has 1 aliphatic carbocycles. The summed E-state index contributed by atoms with van der Waals surface area (Å²) >= 11 is 1.60. The highest BCUT2D eigenvalue weighted by Gasteiger charge is 2.22. The maximum atomic E-state index is 12.5. The molecule has 0 spiro atoms. The fourth-order valence-electron chi connectivity index (χ4n) is 4.42. The summed E-state index contributed by atoms with van der Waals surface area (Å²) in [5.74, 6) is 0.0208. The van der Waals surface area contributed by atoms with Crippen molar-refractivity contribution in [1.82, 2.24) is 9.80 Å². The van der Waals surface area contributed by atoms with Crippen molar-refractivity contribution in [1.29, 1.82) is 5.26 Å². The molecule has 0 bridgehead atoms. The summed E-state index contributed by atoms with van der Waals surface area (Å²) in [5, 5.41) is 13.3. The standard InChI is InChI=1S/C24H30N4OS/c1-18-6-2-3-7-19(18)17-28-14-12-27(13-15-28)11-10-23(29)26-24-21(16-25)20-8-4-5-9-22(20)30-24/h2-3,6-7H,4-5,8-15,17H2,1H3,(H,26,29). The molecular formula is C24H30N4OS. The van der Waals surface area contributed by atoms with Crippen LogP contribution in [0.4, 0.5) is 5.00 Å². The fourth-order valence-corrected chi connectivity index (χ4v) is 5.68. The lowest BCUT2D eigenvalue weighted by molar-refractivity contribution is -0.116. The Morgan fingerprint density at radius 3 is 2.63 bits per heavy atom. The maximum Gasteiger partial charge on any atom is 0.226 e. The van der Waals surface area contributed by atoms with Crippen LogP contribution in [0.2, 0.25) is 0 Å². The van der Waals surface area contributed by atoms with Gasteiger partial charge in [0.25, 0.3) is 0 Å². The molecule has 1 N–H and O–H groups in total. The number of nitrogens with one attached hydrogen (secondary N) is 1. The lowest BCUT2D eigenvalue weighted by atomic mass is 9.96. The Balaban J connectivity index is 1.23. The molecule has 1 fully saturated rings. The molecule has 0 atom stereocenters. The second-order valence-corrected chi connectivity index (χ2v) is 9.47. The largest absolute Gasteiger partial charge is 0.317 e. The number of nitrogens with zero attached hydrogens (tertiary/aromatic N) is 3. The highest BCUT2D eigenvalue weighted by Crippen LogP contribution is 2.37. The van der Waals surface area contributed by atoms with Gasteiger partial charge in [-0.05, 0) is 49.3 Å². The number of carbonyl (C=O) groups excluding carboxylic acids is 1. The molecule has 30 heavy (non-hydrogen) atoms. The summed E-state index contributed by atoms with van der Waals surface area (Å²) in [7, 11) is 0. The number of fused-ring (bicyclic) bond motifs is 1. The number of amides is 1. The number of thiophene rings is 1. The predicted molar refractivity (Wildman–Crippen MR) is 122 cm³/mol. The maximum absolute atomic E-state index is 12.5. The Labute approximate surface area is 183 Å². The van der Waals surface area contributed by atoms with E-state index < -0.39 is 0 Å². The zero-order chi connectivity index (χ0) is 20.9. The molecule has 6 heteroatoms. The van der Waals surface area contributed by atoms with Crippen LogP contribution in [0, 0.1) is 18.3 Å². The number of hydrogen-bond acceptors (Lipinski definition) is 5. The van der Waals surface area contributed by atoms with Crippen LogP contribution in [0.25, 0.3) is 0 Å². The van der Waals surface area contributed by atoms with Gasteiger partial charge in [-0.25, -0.2) is 0 Å². The highest BCUT2D eigenvalue weighted by molar-refractivity contribution is 7.16. The van der Waals surface area contributed by atoms with Gasteiger partial charge < -0.3 is 10.2 Å². The monoisotopic (exact) mass is 422 g/mol. The molecule has 1 aromatic heterocycles. The van der Waals surface area contributed by atoms with E-state index in [9.17, 15) is 10.1 Å². The minimum Gasteiger partial charge on any atom is -0.317 e. The summed E-state index contributed by atoms with van der Waals surface area (Å²) in [6.07, 6.45) is 4.81. The van der Waals surface area contributed by atoms with E-state index in [1.54, 1.807) is 11.3 Å². The van der Waals surface area contributed by atoms with E-state index >= 15 is 0 Å². The van der Waals surface area contributed by atoms with Gasteiger partial charge in [-0.1, -0.05) is 24.3 Å². The minimum atomic E-state index is 0.0208. The first-order valence-electron chi connectivity index (χ1n) is 11.0. The Bertz CT molecular complexity index is 937. The molecule has 2 heterocycles. The summed E-state index contributed by atoms with van der Waals surface area (Å²) in [4.78, 5) is 18.7. The molecule has 1 aromatic carbocycles. The second kappa shape index (κ2) is 9.74. The fraction of sp³-hybridized carbons (Fsp3) is 0.500. The van der Waals surface area contributed by atoms with Gasteiger partial charge in [0.2, 0.25) is 5.91 Å². The number of nitriles is 1. The smallest absolute Gasteiger partial charge is 0.226 e. The Morgan fingerprint density at radius 2 is 1.87 bits per heavy atom. The zero-order valence-electron chi connectivity index (χ0n) is 17.7. The molecular weight excluding hydrogens is 392 g/mol. The van der Waals surface area contributed by atoms with E-state index in [0.717, 1.165) is 63.5 Å². The molecule has 0 unspecified atom stereocenters. The van der Waals surface area contributed by atoms with E-state index in [1.165, 1.54) is 28.0 Å². The number of anilines is 1. The average molecular weight is 423 g/mol. The number of aryl methyl sites for hydroxylation is 2. The lowest BCUT2D eigenvalue weighted by Gasteiger charge is -2.34. The van der Waals surface area contributed by atoms with Gasteiger partial charge in [-0.15, -0.1) is 11.3 Å². The van der Waals surface area contributed by atoms with Gasteiger partial charge in [0, 0.05) is 50.6 Å². The van der Waals surface area contributed by atoms with Crippen LogP contribution in [0.15, 0.2) is 24.3 Å². The van der Waals surface area contributed by atoms with Crippen molar-refractivity contribution in [3.05, 3.63) is 51.4 Å². The van der Waals surface area contributed by atoms with Crippen molar-refractivity contribution in [2.24, 2.45) is 0 Å². The molecule has 5 nitrogen and oxygen atoms in total. The lowest BCUT2D eigenvalue weighted by Crippen LogP contribution is -2.46. The average Bonchev–Trinajstić information content (AvgIpc) is 3.11. The van der Waals surface area contributed by atoms with Crippen LogP contribution in [0.5, 0.6) is 0 Å². The van der Waals surface area contributed by atoms with Crippen LogP contribution in [0.3, 0.4) is 0 Å². The number of hydrogen-bond donors (Lipinski definition) is 1. The normalized spacial score (nSPS) is 17.3. The Kier molecular flexibility index (Phi) is 6.83. The molecule has 2 aromatic rings. The van der Waals surface area contributed by atoms with E-state index in [2.05, 4.69) is 52.4 Å². The van der Waals surface area contributed by atoms with Gasteiger partial charge in [0.1, 0.15) is 11.1 Å². The summed E-state index contributed by atoms with van der Waals surface area (Å²) in [6, 6.07) is 10.9. The molecule has 1 aliphatic heterocycles. The van der Waals surface area contributed by atoms with Crippen LogP contribution < -0.4 is 5.32 Å². The first kappa shape index (κ1) is 21.0. The first-order chi connectivity index (χ1) is 14.6. The summed E-state index contributed by atoms with van der Waals surface area (Å²) in [5.41, 5.74) is 4.63. The highest BCUT2D eigenvalue weighted by atomic mass is 32.1. The topological polar surface area (TPSA) is 59.4 Å². The van der Waals surface area contributed by atoms with Crippen LogP contribution in [0.1, 0.15) is 46.4 Å². The van der Waals surface area contributed by atoms with Crippen LogP contribution in [-0.2, 0) is 24.2 Å². The molecule has 0 saturated carbocycles. The minimum absolute atomic E-state index is 0.0208. The predicted octanol–water partition coefficient (Wildman–Crippen LogP) is 3.95. The number of carbonyl (C=O) groups is 1. The van der Waals surface area contributed by atoms with Crippen molar-refractivity contribution >= 4 is 22.2 Å². The van der Waals surface area contributed by atoms with Crippen molar-refractivity contribution in [2.45, 2.75) is 45.6 Å². The third-order valence-electron chi connectivity index (χ3n) is 6.31. The summed E-state index contributed by atoms with van der Waals surface area (Å²) < 4.78 is 0. The summed E-state index contributed by atoms with van der Waals surface area (Å²) in [6.45, 7) is 8.01. The molecule has 1 amide bonds. The number of piperazine rings is 1. The van der Waals surface area contributed by atoms with E-state index in [4.69, 9.17) is 0 Å². The van der Waals surface area contributed by atoms with Gasteiger partial charge in [-0.2, -0.15) is 5.26 Å². The van der Waals surface area contributed by atoms with Gasteiger partial charge in [0.15, 0.2) is 0 Å². The SMILES string of the molecule is Cc1ccccc1CN1CCN(CCC(=O)Nc2sc3c(c2C#N)CCCC3)CC1. The second-order valence-electron chi connectivity index (χ2n) is 8.37. The van der Waals surface area contributed by atoms with E-state index in [1.807, 2.05) is 0 Å². The Morgan fingerprint density at radius 1 is 1.13 bits per heavy atom. The van der Waals surface area contributed by atoms with E-state index in [-0.39, 0.29) is 5.91 Å². The van der Waals surface area contributed by atoms with Gasteiger partial charge in [0.05, 0.1) is 5.56 Å². The molecule has 158 valence electrons. The van der Waals surface area contributed by atoms with E-state index in [0.29, 0.717) is 12.0 Å². The van der Waals surface area contributed by atoms with Gasteiger partial charge in [-0.3, -0.25) is 9.69 Å². The van der Waals surface area contributed by atoms with Crippen LogP contribution in [-0.4, -0.2) is 48.4 Å². The zero-order valence-corrected chi connectivity index (χ0v) is 18.6. The van der Waals surface area contributed by atoms with Crippen molar-refractivity contribution < 1.29 is 4.79 Å². The van der Waals surface area contributed by atoms with Crippen LogP contribution >= 0.6 is 11.3 Å². The number of benzene rings is 1. The number of rotatable bonds is 6. The molecule has 1 saturated heterocycles. The molecule has 2 aliphatic rings. The van der Waals surface area contributed by atoms with Gasteiger partial charge >= 0.3 is 0 Å². The molecule has 0 radical (unpaired) electrons. The third kappa shape index (κ3) is 4.92. The third-order valence-corrected chi connectivity index (χ3v) is 7.52. The first-order valence-corrected chi connectivity index (χ1v) is 11.8. The quantitative estimate of drug-likeness (QED) is 0.766. The Hall–Kier alpha value is -2.20. The van der Waals surface area contributed by atoms with Crippen molar-refractivity contribution in [2.75, 3.05) is 38.0 Å².